The molecule has 0 aliphatic carbocycles. The van der Waals surface area contributed by atoms with Crippen LogP contribution >= 0.6 is 0 Å². The highest BCUT2D eigenvalue weighted by Crippen LogP contribution is 2.29. The van der Waals surface area contributed by atoms with E-state index in [1.54, 1.807) is 0 Å². The van der Waals surface area contributed by atoms with Crippen LogP contribution in [0.2, 0.25) is 0 Å². The van der Waals surface area contributed by atoms with Gasteiger partial charge in [-0.05, 0) is 43.7 Å². The number of aliphatic hydroxyl groups is 1. The molecule has 2 aliphatic rings. The maximum absolute atomic E-state index is 12.5. The van der Waals surface area contributed by atoms with Crippen molar-refractivity contribution < 1.29 is 9.90 Å². The molecule has 0 bridgehead atoms. The molecule has 5 nitrogen and oxygen atoms in total. The number of carbonyl (C=O) groups is 1. The lowest BCUT2D eigenvalue weighted by Crippen LogP contribution is -2.41. The second-order valence-electron chi connectivity index (χ2n) is 6.25. The molecule has 2 amide bonds. The molecule has 0 spiro atoms. The number of nitrogens with zero attached hydrogens (tertiary/aromatic N) is 2. The number of nitrogens with one attached hydrogen (secondary N) is 1. The fourth-order valence-electron chi connectivity index (χ4n) is 3.33. The van der Waals surface area contributed by atoms with Crippen LogP contribution in [-0.4, -0.2) is 48.8 Å². The van der Waals surface area contributed by atoms with Gasteiger partial charge >= 0.3 is 6.03 Å². The Bertz CT molecular complexity index is 506. The van der Waals surface area contributed by atoms with E-state index in [9.17, 15) is 9.90 Å². The number of amides is 2. The molecular weight excluding hydrogens is 278 g/mol. The van der Waals surface area contributed by atoms with Crippen LogP contribution in [0.1, 0.15) is 25.7 Å². The highest BCUT2D eigenvalue weighted by molar-refractivity contribution is 5.93. The predicted molar refractivity (Wildman–Crippen MR) is 88.3 cm³/mol. The Morgan fingerprint density at radius 3 is 2.50 bits per heavy atom. The molecule has 3 rings (SSSR count). The number of hydrogen-bond acceptors (Lipinski definition) is 3. The zero-order valence-electron chi connectivity index (χ0n) is 13.0. The summed E-state index contributed by atoms with van der Waals surface area (Å²) in [5.41, 5.74) is 2.03. The van der Waals surface area contributed by atoms with Crippen molar-refractivity contribution in [2.75, 3.05) is 43.0 Å². The average Bonchev–Trinajstić information content (AvgIpc) is 3.10. The largest absolute Gasteiger partial charge is 0.396 e. The molecule has 1 aromatic rings. The number of carbonyl (C=O) groups excluding carboxylic acids is 1. The number of aliphatic hydroxyl groups excluding tert-OH is 1. The number of urea groups is 1. The number of benzene rings is 1. The Kier molecular flexibility index (Phi) is 4.83. The lowest BCUT2D eigenvalue weighted by Gasteiger charge is -2.31. The lowest BCUT2D eigenvalue weighted by atomic mass is 9.98. The first-order valence-electron chi connectivity index (χ1n) is 8.28. The Morgan fingerprint density at radius 1 is 1.14 bits per heavy atom. The van der Waals surface area contributed by atoms with Gasteiger partial charge in [0.15, 0.2) is 0 Å². The van der Waals surface area contributed by atoms with E-state index in [1.165, 1.54) is 12.8 Å². The number of rotatable bonds is 3. The fraction of sp³-hybridized carbons (Fsp3) is 0.588. The van der Waals surface area contributed by atoms with Crippen molar-refractivity contribution in [3.8, 4) is 0 Å². The van der Waals surface area contributed by atoms with Crippen molar-refractivity contribution >= 4 is 17.4 Å². The van der Waals surface area contributed by atoms with Crippen LogP contribution in [0.25, 0.3) is 0 Å². The first-order valence-corrected chi connectivity index (χ1v) is 8.28. The summed E-state index contributed by atoms with van der Waals surface area (Å²) in [4.78, 5) is 16.7. The van der Waals surface area contributed by atoms with Crippen molar-refractivity contribution in [1.82, 2.24) is 4.90 Å². The number of piperidine rings is 1. The van der Waals surface area contributed by atoms with E-state index in [0.29, 0.717) is 5.92 Å². The molecule has 2 fully saturated rings. The molecule has 1 aromatic carbocycles. The molecule has 2 saturated heterocycles. The third-order valence-corrected chi connectivity index (χ3v) is 4.75. The van der Waals surface area contributed by atoms with Crippen molar-refractivity contribution in [3.05, 3.63) is 24.3 Å². The zero-order valence-corrected chi connectivity index (χ0v) is 13.0. The summed E-state index contributed by atoms with van der Waals surface area (Å²) in [5.74, 6) is 0.348. The third-order valence-electron chi connectivity index (χ3n) is 4.75. The third kappa shape index (κ3) is 3.35. The lowest BCUT2D eigenvalue weighted by molar-refractivity contribution is 0.143. The summed E-state index contributed by atoms with van der Waals surface area (Å²) < 4.78 is 0. The first kappa shape index (κ1) is 15.2. The topological polar surface area (TPSA) is 55.8 Å². The Morgan fingerprint density at radius 2 is 1.82 bits per heavy atom. The molecule has 0 atom stereocenters. The van der Waals surface area contributed by atoms with Crippen molar-refractivity contribution in [2.45, 2.75) is 25.7 Å². The van der Waals surface area contributed by atoms with Crippen molar-refractivity contribution in [3.63, 3.8) is 0 Å². The predicted octanol–water partition coefficient (Wildman–Crippen LogP) is 2.52. The van der Waals surface area contributed by atoms with E-state index in [1.807, 2.05) is 23.1 Å². The summed E-state index contributed by atoms with van der Waals surface area (Å²) in [7, 11) is 0. The second kappa shape index (κ2) is 7.01. The summed E-state index contributed by atoms with van der Waals surface area (Å²) in [5, 5.41) is 12.3. The van der Waals surface area contributed by atoms with Crippen LogP contribution in [0.5, 0.6) is 0 Å². The van der Waals surface area contributed by atoms with E-state index in [0.717, 1.165) is 50.4 Å². The minimum absolute atomic E-state index is 0.0250. The summed E-state index contributed by atoms with van der Waals surface area (Å²) in [6.45, 7) is 3.81. The number of hydrogen-bond donors (Lipinski definition) is 2. The minimum atomic E-state index is -0.0250. The number of anilines is 2. The van der Waals surface area contributed by atoms with Gasteiger partial charge in [0, 0.05) is 32.8 Å². The quantitative estimate of drug-likeness (QED) is 0.902. The molecule has 120 valence electrons. The van der Waals surface area contributed by atoms with Gasteiger partial charge in [0.05, 0.1) is 11.4 Å². The summed E-state index contributed by atoms with van der Waals surface area (Å²) in [6, 6.07) is 8.02. The molecule has 0 saturated carbocycles. The van der Waals surface area contributed by atoms with Gasteiger partial charge in [0.2, 0.25) is 0 Å². The summed E-state index contributed by atoms with van der Waals surface area (Å²) >= 11 is 0. The SMILES string of the molecule is O=C(Nc1ccccc1N1CCCC1)N1CCC(CO)CC1. The minimum Gasteiger partial charge on any atom is -0.396 e. The van der Waals surface area contributed by atoms with Gasteiger partial charge in [-0.25, -0.2) is 4.79 Å². The van der Waals surface area contributed by atoms with Crippen LogP contribution in [-0.2, 0) is 0 Å². The van der Waals surface area contributed by atoms with Crippen LogP contribution in [0.3, 0.4) is 0 Å². The van der Waals surface area contributed by atoms with E-state index >= 15 is 0 Å². The standard InChI is InChI=1S/C17H25N3O2/c21-13-14-7-11-20(12-8-14)17(22)18-15-5-1-2-6-16(15)19-9-3-4-10-19/h1-2,5-6,14,21H,3-4,7-13H2,(H,18,22). The van der Waals surface area contributed by atoms with Gasteiger partial charge in [-0.2, -0.15) is 0 Å². The molecule has 2 N–H and O–H groups in total. The Hall–Kier alpha value is -1.75. The van der Waals surface area contributed by atoms with E-state index < -0.39 is 0 Å². The zero-order chi connectivity index (χ0) is 15.4. The van der Waals surface area contributed by atoms with Crippen molar-refractivity contribution in [2.24, 2.45) is 5.92 Å². The molecule has 2 aliphatic heterocycles. The first-order chi connectivity index (χ1) is 10.8. The molecule has 5 heteroatoms. The van der Waals surface area contributed by atoms with Gasteiger partial charge in [-0.3, -0.25) is 0 Å². The highest BCUT2D eigenvalue weighted by Gasteiger charge is 2.23. The Labute approximate surface area is 131 Å². The number of likely N-dealkylation sites (tertiary alicyclic amines) is 1. The van der Waals surface area contributed by atoms with Crippen LogP contribution in [0.15, 0.2) is 24.3 Å². The molecule has 0 unspecified atom stereocenters. The van der Waals surface area contributed by atoms with Gasteiger partial charge in [0.1, 0.15) is 0 Å². The van der Waals surface area contributed by atoms with Crippen LogP contribution in [0, 0.1) is 5.92 Å². The molecule has 22 heavy (non-hydrogen) atoms. The maximum atomic E-state index is 12.5. The van der Waals surface area contributed by atoms with Crippen LogP contribution in [0.4, 0.5) is 16.2 Å². The monoisotopic (exact) mass is 303 g/mol. The van der Waals surface area contributed by atoms with Crippen LogP contribution < -0.4 is 10.2 Å². The maximum Gasteiger partial charge on any atom is 0.321 e. The van der Waals surface area contributed by atoms with Gasteiger partial charge in [-0.1, -0.05) is 12.1 Å². The molecule has 0 aromatic heterocycles. The van der Waals surface area contributed by atoms with E-state index in [-0.39, 0.29) is 12.6 Å². The van der Waals surface area contributed by atoms with E-state index in [4.69, 9.17) is 0 Å². The molecular formula is C17H25N3O2. The molecule has 2 heterocycles. The number of para-hydroxylation sites is 2. The van der Waals surface area contributed by atoms with E-state index in [2.05, 4.69) is 16.3 Å². The fourth-order valence-corrected chi connectivity index (χ4v) is 3.33. The smallest absolute Gasteiger partial charge is 0.321 e. The average molecular weight is 303 g/mol. The van der Waals surface area contributed by atoms with Gasteiger partial charge in [-0.15, -0.1) is 0 Å². The van der Waals surface area contributed by atoms with Gasteiger partial charge < -0.3 is 20.2 Å². The highest BCUT2D eigenvalue weighted by atomic mass is 16.3. The Balaban J connectivity index is 1.64. The van der Waals surface area contributed by atoms with Crippen molar-refractivity contribution in [1.29, 1.82) is 0 Å². The van der Waals surface area contributed by atoms with Gasteiger partial charge in [0.25, 0.3) is 0 Å². The normalized spacial score (nSPS) is 19.5. The second-order valence-corrected chi connectivity index (χ2v) is 6.25. The molecule has 0 radical (unpaired) electrons. The summed E-state index contributed by atoms with van der Waals surface area (Å²) in [6.07, 6.45) is 4.21.